The van der Waals surface area contributed by atoms with Gasteiger partial charge in [-0.2, -0.15) is 0 Å². The molecular weight excluding hydrogens is 875 g/mol. The summed E-state index contributed by atoms with van der Waals surface area (Å²) in [7, 11) is 4.57. The Morgan fingerprint density at radius 1 is 0.838 bits per heavy atom. The fourth-order valence-corrected chi connectivity index (χ4v) is 10.5. The first-order valence-corrected chi connectivity index (χ1v) is 25.0. The molecule has 68 heavy (non-hydrogen) atoms. The van der Waals surface area contributed by atoms with Crippen molar-refractivity contribution in [1.29, 1.82) is 0 Å². The lowest BCUT2D eigenvalue weighted by molar-refractivity contribution is -0.231. The number of hydrogen-bond donors (Lipinski definition) is 3. The number of aliphatic hydroxyl groups is 3. The number of hydrogen-bond acceptors (Lipinski definition) is 14. The second-order valence-electron chi connectivity index (χ2n) is 20.1. The van der Waals surface area contributed by atoms with Crippen molar-refractivity contribution in [1.82, 2.24) is 4.90 Å². The molecule has 15 heteroatoms. The van der Waals surface area contributed by atoms with Gasteiger partial charge in [0.1, 0.15) is 30.1 Å². The van der Waals surface area contributed by atoms with Crippen LogP contribution in [0.5, 0.6) is 0 Å². The van der Waals surface area contributed by atoms with Crippen molar-refractivity contribution >= 4 is 29.2 Å². The Morgan fingerprint density at radius 2 is 1.57 bits per heavy atom. The molecule has 0 aromatic carbocycles. The Hall–Kier alpha value is -3.41. The number of rotatable bonds is 9. The molecule has 2 bridgehead atoms. The van der Waals surface area contributed by atoms with Crippen molar-refractivity contribution in [3.8, 4) is 0 Å². The monoisotopic (exact) mass is 958 g/mol. The third-order valence-electron chi connectivity index (χ3n) is 14.8. The molecule has 1 aliphatic carbocycles. The van der Waals surface area contributed by atoms with Crippen molar-refractivity contribution in [3.05, 3.63) is 47.6 Å². The standard InChI is InChI=1S/C53H83NO14/c1-32-16-12-11-13-17-33(2)44(63-8)30-40-21-19-34(3)50(59)53(62,68-40)52(61)54-23-15-14-18-41(54)51(60)67-45(36(5)28-39-20-22-43(66-25-24-55)46(29-39)64-9)31-42(56)35(4)27-38(7)48(58)49(65-10)47(57)37(6)26-32/h11-13,16-17,27,32,34-37,39-41,43-46,48-49,55,58,62H,14-15,18-26,28-31H2,1-10H3/b13-11-,16-12-,33-17-,38-27-/t32-,34-,35-,36-,37-,39+,40+,41+,43-,44+,45+,46-,48-,49+,53?/m1/s1. The van der Waals surface area contributed by atoms with Crippen molar-refractivity contribution in [3.63, 3.8) is 0 Å². The number of piperidine rings is 1. The van der Waals surface area contributed by atoms with Crippen LogP contribution in [-0.4, -0.2) is 145 Å². The van der Waals surface area contributed by atoms with Crippen LogP contribution < -0.4 is 0 Å². The topological polar surface area (TPSA) is 205 Å². The van der Waals surface area contributed by atoms with E-state index in [4.69, 9.17) is 28.4 Å². The van der Waals surface area contributed by atoms with Crippen LogP contribution in [-0.2, 0) is 52.4 Å². The van der Waals surface area contributed by atoms with E-state index < -0.39 is 77.8 Å². The average Bonchev–Trinajstić information content (AvgIpc) is 3.43. The van der Waals surface area contributed by atoms with Crippen LogP contribution in [0.4, 0.5) is 0 Å². The van der Waals surface area contributed by atoms with Crippen LogP contribution in [0, 0.1) is 35.5 Å². The van der Waals surface area contributed by atoms with Gasteiger partial charge in [-0.05, 0) is 107 Å². The summed E-state index contributed by atoms with van der Waals surface area (Å²) < 4.78 is 35.7. The summed E-state index contributed by atoms with van der Waals surface area (Å²) in [5.74, 6) is -8.02. The number of methoxy groups -OCH3 is 3. The molecule has 2 saturated heterocycles. The average molecular weight is 958 g/mol. The smallest absolute Gasteiger partial charge is 0.329 e. The molecule has 3 heterocycles. The number of amides is 1. The molecule has 4 aliphatic rings. The molecule has 0 aromatic rings. The molecule has 0 radical (unpaired) electrons. The van der Waals surface area contributed by atoms with Crippen molar-refractivity contribution < 1.29 is 67.7 Å². The minimum atomic E-state index is -2.86. The van der Waals surface area contributed by atoms with Crippen LogP contribution in [0.15, 0.2) is 47.6 Å². The number of allylic oxidation sites excluding steroid dienone is 6. The number of Topliss-reactive ketones (excluding diaryl/α,β-unsaturated/α-hetero) is 3. The largest absolute Gasteiger partial charge is 0.460 e. The number of ketones is 3. The van der Waals surface area contributed by atoms with Gasteiger partial charge in [0.05, 0.1) is 37.6 Å². The van der Waals surface area contributed by atoms with E-state index in [0.717, 1.165) is 12.0 Å². The van der Waals surface area contributed by atoms with Gasteiger partial charge in [-0.15, -0.1) is 0 Å². The van der Waals surface area contributed by atoms with Gasteiger partial charge in [0, 0.05) is 58.5 Å². The van der Waals surface area contributed by atoms with Gasteiger partial charge < -0.3 is 48.6 Å². The number of ether oxygens (including phenoxy) is 6. The molecule has 3 fully saturated rings. The fourth-order valence-electron chi connectivity index (χ4n) is 10.5. The molecule has 1 saturated carbocycles. The Morgan fingerprint density at radius 3 is 2.25 bits per heavy atom. The van der Waals surface area contributed by atoms with Gasteiger partial charge in [0.15, 0.2) is 5.78 Å². The molecule has 1 amide bonds. The minimum Gasteiger partial charge on any atom is -0.460 e. The lowest BCUT2D eigenvalue weighted by atomic mass is 9.78. The van der Waals surface area contributed by atoms with Crippen molar-refractivity contribution in [2.75, 3.05) is 41.1 Å². The summed E-state index contributed by atoms with van der Waals surface area (Å²) >= 11 is 0. The number of nitrogens with zero attached hydrogens (tertiary/aromatic N) is 1. The van der Waals surface area contributed by atoms with Gasteiger partial charge in [-0.3, -0.25) is 19.2 Å². The number of carbonyl (C=O) groups is 5. The molecule has 384 valence electrons. The van der Waals surface area contributed by atoms with Crippen LogP contribution in [0.3, 0.4) is 0 Å². The quantitative estimate of drug-likeness (QED) is 0.134. The predicted molar refractivity (Wildman–Crippen MR) is 256 cm³/mol. The normalized spacial score (nSPS) is 39.2. The first-order chi connectivity index (χ1) is 32.3. The van der Waals surface area contributed by atoms with E-state index in [1.165, 1.54) is 12.0 Å². The van der Waals surface area contributed by atoms with E-state index in [2.05, 4.69) is 0 Å². The summed E-state index contributed by atoms with van der Waals surface area (Å²) in [6.45, 7) is 12.8. The maximum Gasteiger partial charge on any atom is 0.329 e. The van der Waals surface area contributed by atoms with Crippen molar-refractivity contribution in [2.45, 2.75) is 180 Å². The second-order valence-corrected chi connectivity index (χ2v) is 20.1. The zero-order valence-electron chi connectivity index (χ0n) is 42.4. The highest BCUT2D eigenvalue weighted by Crippen LogP contribution is 2.37. The molecule has 15 atom stereocenters. The van der Waals surface area contributed by atoms with Crippen LogP contribution in [0.25, 0.3) is 0 Å². The minimum absolute atomic E-state index is 0.0112. The third-order valence-corrected chi connectivity index (χ3v) is 14.8. The molecule has 0 aromatic heterocycles. The van der Waals surface area contributed by atoms with E-state index in [1.807, 2.05) is 58.1 Å². The lowest BCUT2D eigenvalue weighted by Crippen LogP contribution is -2.62. The Kier molecular flexibility index (Phi) is 22.9. The van der Waals surface area contributed by atoms with Gasteiger partial charge >= 0.3 is 11.8 Å². The molecular formula is C53H83NO14. The summed E-state index contributed by atoms with van der Waals surface area (Å²) in [4.78, 5) is 72.5. The second kappa shape index (κ2) is 27.3. The maximum absolute atomic E-state index is 14.7. The van der Waals surface area contributed by atoms with Gasteiger partial charge in [0.25, 0.3) is 5.91 Å². The zero-order chi connectivity index (χ0) is 50.3. The third kappa shape index (κ3) is 15.3. The molecule has 3 aliphatic heterocycles. The first-order valence-electron chi connectivity index (χ1n) is 25.0. The number of fused-ring (bicyclic) bond motifs is 3. The predicted octanol–water partition coefficient (Wildman–Crippen LogP) is 6.20. The summed E-state index contributed by atoms with van der Waals surface area (Å²) in [5.41, 5.74) is 1.24. The highest BCUT2D eigenvalue weighted by atomic mass is 16.6. The number of carbonyl (C=O) groups excluding carboxylic acids is 5. The van der Waals surface area contributed by atoms with Crippen LogP contribution in [0.1, 0.15) is 126 Å². The lowest BCUT2D eigenvalue weighted by Gasteiger charge is -2.40. The van der Waals surface area contributed by atoms with Gasteiger partial charge in [0.2, 0.25) is 5.78 Å². The molecule has 4 rings (SSSR count). The number of esters is 1. The van der Waals surface area contributed by atoms with Crippen LogP contribution >= 0.6 is 0 Å². The molecule has 15 nitrogen and oxygen atoms in total. The SMILES string of the molecule is CO[C@H]1C[C@@H]2CC[C@@H](C)C(=O)C(O)(O2)C(=O)N2CCCC[C@H]2C(=O)O[C@H]([C@H](C)C[C@@H]2CC[C@@H](OCCO)[C@H](OC)C2)CC(=O)[C@H](C)/C=C(/C)[C@@H](O)[C@@H](OC)C(=O)[C@H](C)C[C@H](C)\C=C/C=C\C=C/1C. The van der Waals surface area contributed by atoms with Crippen molar-refractivity contribution in [2.24, 2.45) is 35.5 Å². The fraction of sp³-hybridized carbons (Fsp3) is 0.755. The molecule has 3 N–H and O–H groups in total. The maximum atomic E-state index is 14.7. The summed E-state index contributed by atoms with van der Waals surface area (Å²) in [6.07, 6.45) is 11.5. The Balaban J connectivity index is 1.73. The molecule has 0 spiro atoms. The first kappa shape index (κ1) is 57.2. The van der Waals surface area contributed by atoms with E-state index in [0.29, 0.717) is 56.9 Å². The highest BCUT2D eigenvalue weighted by molar-refractivity contribution is 6.09. The molecule has 1 unspecified atom stereocenters. The summed E-state index contributed by atoms with van der Waals surface area (Å²) in [5, 5.41) is 33.0. The van der Waals surface area contributed by atoms with E-state index in [1.54, 1.807) is 41.1 Å². The highest BCUT2D eigenvalue weighted by Gasteiger charge is 2.55. The summed E-state index contributed by atoms with van der Waals surface area (Å²) in [6, 6.07) is -1.16. The Bertz CT molecular complexity index is 1810. The zero-order valence-corrected chi connectivity index (χ0v) is 42.4. The number of aliphatic hydroxyl groups excluding tert-OH is 2. The van der Waals surface area contributed by atoms with Gasteiger partial charge in [-0.25, -0.2) is 4.79 Å². The van der Waals surface area contributed by atoms with Crippen LogP contribution in [0.2, 0.25) is 0 Å². The van der Waals surface area contributed by atoms with E-state index in [9.17, 15) is 39.3 Å². The Labute approximate surface area is 405 Å². The van der Waals surface area contributed by atoms with E-state index in [-0.39, 0.29) is 80.5 Å². The van der Waals surface area contributed by atoms with Gasteiger partial charge in [-0.1, -0.05) is 71.1 Å². The number of cyclic esters (lactones) is 1. The van der Waals surface area contributed by atoms with E-state index >= 15 is 0 Å².